The van der Waals surface area contributed by atoms with E-state index in [0.29, 0.717) is 21.9 Å². The number of nitriles is 2. The molecule has 3 aromatic rings. The van der Waals surface area contributed by atoms with E-state index < -0.39 is 0 Å². The molecular weight excluding hydrogens is 372 g/mol. The number of nitrogens with zero attached hydrogens (tertiary/aromatic N) is 3. The molecule has 4 nitrogen and oxygen atoms in total. The van der Waals surface area contributed by atoms with Crippen LogP contribution in [0.25, 0.3) is 11.1 Å². The normalized spacial score (nSPS) is 10.2. The summed E-state index contributed by atoms with van der Waals surface area (Å²) in [5, 5.41) is 19.9. The molecule has 0 fully saturated rings. The van der Waals surface area contributed by atoms with Gasteiger partial charge in [-0.2, -0.15) is 10.5 Å². The average molecular weight is 389 g/mol. The van der Waals surface area contributed by atoms with Crippen LogP contribution in [0, 0.1) is 22.7 Å². The first-order chi connectivity index (χ1) is 13.2. The molecule has 0 amide bonds. The lowest BCUT2D eigenvalue weighted by Gasteiger charge is -2.13. The van der Waals surface area contributed by atoms with Crippen molar-refractivity contribution in [3.63, 3.8) is 0 Å². The number of hydrogen-bond acceptors (Lipinski definition) is 6. The average Bonchev–Trinajstić information content (AvgIpc) is 2.72. The molecule has 2 N–H and O–H groups in total. The Morgan fingerprint density at radius 1 is 0.963 bits per heavy atom. The van der Waals surface area contributed by atoms with Crippen molar-refractivity contribution in [2.24, 2.45) is 0 Å². The molecule has 0 aliphatic heterocycles. The van der Waals surface area contributed by atoms with Gasteiger partial charge in [0.15, 0.2) is 0 Å². The topological polar surface area (TPSA) is 86.5 Å². The van der Waals surface area contributed by atoms with Crippen molar-refractivity contribution < 1.29 is 0 Å². The first-order valence-corrected chi connectivity index (χ1v) is 10.3. The fourth-order valence-electron chi connectivity index (χ4n) is 2.67. The number of anilines is 1. The van der Waals surface area contributed by atoms with E-state index in [9.17, 15) is 10.5 Å². The van der Waals surface area contributed by atoms with E-state index in [1.54, 1.807) is 11.8 Å². The van der Waals surface area contributed by atoms with E-state index in [1.165, 1.54) is 11.8 Å². The summed E-state index contributed by atoms with van der Waals surface area (Å²) < 4.78 is 0. The third kappa shape index (κ3) is 4.09. The second-order valence-corrected chi connectivity index (χ2v) is 7.50. The molecule has 0 spiro atoms. The summed E-state index contributed by atoms with van der Waals surface area (Å²) in [6, 6.07) is 22.1. The Bertz CT molecular complexity index is 1030. The van der Waals surface area contributed by atoms with Crippen molar-refractivity contribution >= 4 is 29.3 Å². The summed E-state index contributed by atoms with van der Waals surface area (Å²) in [5.41, 5.74) is 9.16. The van der Waals surface area contributed by atoms with Gasteiger partial charge in [-0.05, 0) is 29.5 Å². The molecule has 0 saturated heterocycles. The Hall–Kier alpha value is -2.93. The van der Waals surface area contributed by atoms with Crippen LogP contribution >= 0.6 is 23.5 Å². The van der Waals surface area contributed by atoms with Crippen LogP contribution in [-0.4, -0.2) is 11.2 Å². The predicted molar refractivity (Wildman–Crippen MR) is 111 cm³/mol. The zero-order chi connectivity index (χ0) is 19.2. The molecule has 1 aromatic heterocycles. The van der Waals surface area contributed by atoms with Crippen molar-refractivity contribution in [3.8, 4) is 23.3 Å². The molecule has 0 radical (unpaired) electrons. The summed E-state index contributed by atoms with van der Waals surface area (Å²) in [4.78, 5) is 5.45. The molecule has 1 heterocycles. The van der Waals surface area contributed by atoms with Gasteiger partial charge in [-0.15, -0.1) is 23.5 Å². The highest BCUT2D eigenvalue weighted by atomic mass is 32.2. The van der Waals surface area contributed by atoms with E-state index in [2.05, 4.69) is 17.1 Å². The SMILES string of the molecule is CSc1ccc(-c2c(C#N)c(N)nc(SCc3ccccc3)c2C#N)cc1. The molecule has 0 atom stereocenters. The molecule has 2 aromatic carbocycles. The van der Waals surface area contributed by atoms with Gasteiger partial charge in [-0.25, -0.2) is 4.98 Å². The van der Waals surface area contributed by atoms with Gasteiger partial charge in [0.2, 0.25) is 0 Å². The van der Waals surface area contributed by atoms with Gasteiger partial charge in [0.25, 0.3) is 0 Å². The predicted octanol–water partition coefficient (Wildman–Crippen LogP) is 5.09. The van der Waals surface area contributed by atoms with Crippen molar-refractivity contribution in [2.75, 3.05) is 12.0 Å². The van der Waals surface area contributed by atoms with Gasteiger partial charge in [0.05, 0.1) is 5.56 Å². The van der Waals surface area contributed by atoms with Crippen LogP contribution in [0.5, 0.6) is 0 Å². The third-order valence-corrected chi connectivity index (χ3v) is 5.80. The molecule has 0 saturated carbocycles. The van der Waals surface area contributed by atoms with Crippen molar-refractivity contribution in [2.45, 2.75) is 15.7 Å². The highest BCUT2D eigenvalue weighted by Gasteiger charge is 2.20. The number of pyridine rings is 1. The van der Waals surface area contributed by atoms with Gasteiger partial charge >= 0.3 is 0 Å². The maximum atomic E-state index is 9.81. The number of hydrogen-bond donors (Lipinski definition) is 1. The van der Waals surface area contributed by atoms with E-state index >= 15 is 0 Å². The van der Waals surface area contributed by atoms with Crippen molar-refractivity contribution in [1.82, 2.24) is 4.98 Å². The fourth-order valence-corrected chi connectivity index (χ4v) is 4.03. The van der Waals surface area contributed by atoms with Crippen LogP contribution in [0.3, 0.4) is 0 Å². The lowest BCUT2D eigenvalue weighted by Crippen LogP contribution is -2.03. The number of rotatable bonds is 5. The molecule has 0 unspecified atom stereocenters. The summed E-state index contributed by atoms with van der Waals surface area (Å²) in [7, 11) is 0. The minimum absolute atomic E-state index is 0.149. The van der Waals surface area contributed by atoms with E-state index in [4.69, 9.17) is 5.73 Å². The number of nitrogens with two attached hydrogens (primary N) is 1. The van der Waals surface area contributed by atoms with Crippen LogP contribution in [0.4, 0.5) is 5.82 Å². The Morgan fingerprint density at radius 3 is 2.22 bits per heavy atom. The minimum Gasteiger partial charge on any atom is -0.383 e. The minimum atomic E-state index is 0.149. The Kier molecular flexibility index (Phi) is 6.03. The number of thioether (sulfide) groups is 2. The first-order valence-electron chi connectivity index (χ1n) is 8.12. The van der Waals surface area contributed by atoms with Gasteiger partial charge < -0.3 is 5.73 Å². The summed E-state index contributed by atoms with van der Waals surface area (Å²) in [5.74, 6) is 0.814. The smallest absolute Gasteiger partial charge is 0.143 e. The largest absolute Gasteiger partial charge is 0.383 e. The molecule has 0 aliphatic rings. The molecular formula is C21H16N4S2. The highest BCUT2D eigenvalue weighted by molar-refractivity contribution is 7.98. The van der Waals surface area contributed by atoms with Crippen LogP contribution in [0.1, 0.15) is 16.7 Å². The van der Waals surface area contributed by atoms with Crippen molar-refractivity contribution in [3.05, 3.63) is 71.3 Å². The van der Waals surface area contributed by atoms with Crippen LogP contribution in [-0.2, 0) is 5.75 Å². The van der Waals surface area contributed by atoms with Gasteiger partial charge in [-0.3, -0.25) is 0 Å². The zero-order valence-electron chi connectivity index (χ0n) is 14.6. The Labute approximate surface area is 167 Å². The Morgan fingerprint density at radius 2 is 1.63 bits per heavy atom. The number of aromatic nitrogens is 1. The summed E-state index contributed by atoms with van der Waals surface area (Å²) in [6.45, 7) is 0. The maximum Gasteiger partial charge on any atom is 0.143 e. The van der Waals surface area contributed by atoms with E-state index in [0.717, 1.165) is 16.0 Å². The van der Waals surface area contributed by atoms with Gasteiger partial charge in [0, 0.05) is 16.2 Å². The lowest BCUT2D eigenvalue weighted by atomic mass is 9.97. The number of nitrogen functional groups attached to an aromatic ring is 1. The second kappa shape index (κ2) is 8.64. The maximum absolute atomic E-state index is 9.81. The molecule has 3 rings (SSSR count). The summed E-state index contributed by atoms with van der Waals surface area (Å²) >= 11 is 3.08. The fraction of sp³-hybridized carbons (Fsp3) is 0.0952. The molecule has 27 heavy (non-hydrogen) atoms. The molecule has 0 aliphatic carbocycles. The van der Waals surface area contributed by atoms with Crippen LogP contribution < -0.4 is 5.73 Å². The number of benzene rings is 2. The van der Waals surface area contributed by atoms with E-state index in [1.807, 2.05) is 60.9 Å². The van der Waals surface area contributed by atoms with Gasteiger partial charge in [-0.1, -0.05) is 42.5 Å². The van der Waals surface area contributed by atoms with Crippen LogP contribution in [0.2, 0.25) is 0 Å². The lowest BCUT2D eigenvalue weighted by molar-refractivity contribution is 1.11. The standard InChI is InChI=1S/C21H16N4S2/c1-26-16-9-7-15(8-10-16)19-17(11-22)20(24)25-21(18(19)12-23)27-13-14-5-3-2-4-6-14/h2-10H,13H2,1H3,(H2,24,25). The van der Waals surface area contributed by atoms with Gasteiger partial charge in [0.1, 0.15) is 28.5 Å². The quantitative estimate of drug-likeness (QED) is 0.613. The second-order valence-electron chi connectivity index (χ2n) is 5.65. The zero-order valence-corrected chi connectivity index (χ0v) is 16.3. The monoisotopic (exact) mass is 388 g/mol. The highest BCUT2D eigenvalue weighted by Crippen LogP contribution is 2.37. The Balaban J connectivity index is 2.09. The van der Waals surface area contributed by atoms with E-state index in [-0.39, 0.29) is 11.4 Å². The first kappa shape index (κ1) is 18.8. The summed E-state index contributed by atoms with van der Waals surface area (Å²) in [6.07, 6.45) is 2.00. The van der Waals surface area contributed by atoms with Crippen LogP contribution in [0.15, 0.2) is 64.5 Å². The molecule has 0 bridgehead atoms. The molecule has 6 heteroatoms. The van der Waals surface area contributed by atoms with Crippen molar-refractivity contribution in [1.29, 1.82) is 10.5 Å². The third-order valence-electron chi connectivity index (χ3n) is 4.01. The molecule has 132 valence electrons.